The number of aryl methyl sites for hydroxylation is 1. The van der Waals surface area contributed by atoms with Crippen molar-refractivity contribution in [3.8, 4) is 0 Å². The fraction of sp³-hybridized carbons (Fsp3) is 0.500. The first-order valence-corrected chi connectivity index (χ1v) is 6.02. The molecule has 1 heterocycles. The zero-order valence-corrected chi connectivity index (χ0v) is 9.86. The molecule has 2 nitrogen and oxygen atoms in total. The molecule has 0 radical (unpaired) electrons. The first-order valence-electron chi connectivity index (χ1n) is 6.02. The van der Waals surface area contributed by atoms with E-state index in [1.54, 1.807) is 0 Å². The summed E-state index contributed by atoms with van der Waals surface area (Å²) in [5, 5.41) is 0. The maximum absolute atomic E-state index is 11.8. The van der Waals surface area contributed by atoms with Gasteiger partial charge in [-0.2, -0.15) is 0 Å². The van der Waals surface area contributed by atoms with Crippen molar-refractivity contribution in [2.24, 2.45) is 5.92 Å². The Morgan fingerprint density at radius 3 is 3.00 bits per heavy atom. The molecule has 1 aliphatic heterocycles. The molecule has 1 aromatic rings. The van der Waals surface area contributed by atoms with E-state index in [-0.39, 0.29) is 0 Å². The third kappa shape index (κ3) is 1.22. The maximum Gasteiger partial charge on any atom is 0.223 e. The van der Waals surface area contributed by atoms with Crippen LogP contribution in [0.2, 0.25) is 0 Å². The summed E-state index contributed by atoms with van der Waals surface area (Å²) in [5.41, 5.74) is 4.25. The highest BCUT2D eigenvalue weighted by Crippen LogP contribution is 2.45. The lowest BCUT2D eigenvalue weighted by atomic mass is 9.79. The van der Waals surface area contributed by atoms with Gasteiger partial charge in [0.1, 0.15) is 0 Å². The van der Waals surface area contributed by atoms with Gasteiger partial charge >= 0.3 is 0 Å². The number of amides is 1. The van der Waals surface area contributed by atoms with E-state index in [0.717, 1.165) is 12.8 Å². The van der Waals surface area contributed by atoms with Crippen LogP contribution in [0.3, 0.4) is 0 Å². The van der Waals surface area contributed by atoms with E-state index in [1.165, 1.54) is 23.1 Å². The molecule has 1 aromatic carbocycles. The second-order valence-corrected chi connectivity index (χ2v) is 5.10. The molecule has 0 aromatic heterocycles. The van der Waals surface area contributed by atoms with Gasteiger partial charge < -0.3 is 4.90 Å². The van der Waals surface area contributed by atoms with Crippen LogP contribution in [0.25, 0.3) is 0 Å². The minimum absolute atomic E-state index is 0.310. The zero-order valence-electron chi connectivity index (χ0n) is 9.86. The molecule has 0 bridgehead atoms. The molecule has 3 rings (SSSR count). The Bertz CT molecular complexity index is 452. The summed E-state index contributed by atoms with van der Waals surface area (Å²) in [6, 6.07) is 6.84. The Kier molecular flexibility index (Phi) is 2.06. The molecule has 2 aliphatic rings. The van der Waals surface area contributed by atoms with Crippen molar-refractivity contribution in [1.29, 1.82) is 0 Å². The van der Waals surface area contributed by atoms with E-state index in [0.29, 0.717) is 17.9 Å². The molecule has 84 valence electrons. The second-order valence-electron chi connectivity index (χ2n) is 5.10. The van der Waals surface area contributed by atoms with Crippen LogP contribution in [0, 0.1) is 12.8 Å². The summed E-state index contributed by atoms with van der Waals surface area (Å²) in [6.45, 7) is 2.18. The van der Waals surface area contributed by atoms with Crippen molar-refractivity contribution in [3.05, 3.63) is 34.9 Å². The molecular weight excluding hydrogens is 198 g/mol. The highest BCUT2D eigenvalue weighted by molar-refractivity contribution is 5.79. The van der Waals surface area contributed by atoms with Gasteiger partial charge in [0.05, 0.1) is 6.04 Å². The number of benzene rings is 1. The van der Waals surface area contributed by atoms with Crippen LogP contribution in [0.4, 0.5) is 0 Å². The summed E-state index contributed by atoms with van der Waals surface area (Å²) in [4.78, 5) is 13.7. The number of hydrogen-bond acceptors (Lipinski definition) is 1. The number of rotatable bonds is 0. The van der Waals surface area contributed by atoms with Crippen molar-refractivity contribution < 1.29 is 4.79 Å². The van der Waals surface area contributed by atoms with Crippen molar-refractivity contribution >= 4 is 5.91 Å². The average Bonchev–Trinajstić information content (AvgIpc) is 2.56. The van der Waals surface area contributed by atoms with Crippen molar-refractivity contribution in [2.45, 2.75) is 32.2 Å². The summed E-state index contributed by atoms with van der Waals surface area (Å²) < 4.78 is 0. The molecule has 2 unspecified atom stereocenters. The lowest BCUT2D eigenvalue weighted by molar-refractivity contribution is -0.127. The minimum Gasteiger partial charge on any atom is -0.338 e. The number of fused-ring (bicyclic) bond motifs is 3. The quantitative estimate of drug-likeness (QED) is 0.651. The topological polar surface area (TPSA) is 20.3 Å². The fourth-order valence-corrected chi connectivity index (χ4v) is 3.35. The van der Waals surface area contributed by atoms with Crippen molar-refractivity contribution in [1.82, 2.24) is 4.90 Å². The molecule has 1 amide bonds. The van der Waals surface area contributed by atoms with Gasteiger partial charge in [-0.3, -0.25) is 4.79 Å². The van der Waals surface area contributed by atoms with Crippen LogP contribution >= 0.6 is 0 Å². The highest BCUT2D eigenvalue weighted by atomic mass is 16.2. The normalized spacial score (nSPS) is 27.9. The third-order valence-corrected chi connectivity index (χ3v) is 4.22. The van der Waals surface area contributed by atoms with Gasteiger partial charge in [0, 0.05) is 13.5 Å². The van der Waals surface area contributed by atoms with E-state index in [1.807, 2.05) is 11.9 Å². The van der Waals surface area contributed by atoms with Crippen LogP contribution in [0.15, 0.2) is 18.2 Å². The number of carbonyl (C=O) groups is 1. The van der Waals surface area contributed by atoms with Gasteiger partial charge in [0.15, 0.2) is 0 Å². The van der Waals surface area contributed by atoms with Crippen LogP contribution in [-0.2, 0) is 11.2 Å². The molecule has 0 saturated carbocycles. The van der Waals surface area contributed by atoms with E-state index in [2.05, 4.69) is 25.1 Å². The monoisotopic (exact) mass is 215 g/mol. The minimum atomic E-state index is 0.310. The summed E-state index contributed by atoms with van der Waals surface area (Å²) in [7, 11) is 1.95. The van der Waals surface area contributed by atoms with Crippen LogP contribution in [-0.4, -0.2) is 17.9 Å². The van der Waals surface area contributed by atoms with Crippen LogP contribution in [0.1, 0.15) is 35.6 Å². The third-order valence-electron chi connectivity index (χ3n) is 4.22. The van der Waals surface area contributed by atoms with Gasteiger partial charge in [-0.25, -0.2) is 0 Å². The summed E-state index contributed by atoms with van der Waals surface area (Å²) in [6.07, 6.45) is 3.05. The van der Waals surface area contributed by atoms with E-state index >= 15 is 0 Å². The second kappa shape index (κ2) is 3.34. The van der Waals surface area contributed by atoms with E-state index < -0.39 is 0 Å². The number of hydrogen-bond donors (Lipinski definition) is 0. The Morgan fingerprint density at radius 1 is 1.38 bits per heavy atom. The van der Waals surface area contributed by atoms with Crippen molar-refractivity contribution in [2.75, 3.05) is 7.05 Å². The fourth-order valence-electron chi connectivity index (χ4n) is 3.35. The van der Waals surface area contributed by atoms with Crippen molar-refractivity contribution in [3.63, 3.8) is 0 Å². The molecule has 1 fully saturated rings. The van der Waals surface area contributed by atoms with E-state index in [9.17, 15) is 4.79 Å². The molecule has 2 heteroatoms. The molecule has 1 aliphatic carbocycles. The van der Waals surface area contributed by atoms with Gasteiger partial charge in [0.25, 0.3) is 0 Å². The standard InChI is InChI=1S/C14H17NO/c1-9-4-3-5-12-11(9)7-6-10-8-13(16)15(2)14(10)12/h3-5,10,14H,6-8H2,1-2H3. The molecule has 16 heavy (non-hydrogen) atoms. The van der Waals surface area contributed by atoms with Gasteiger partial charge in [-0.05, 0) is 42.4 Å². The lowest BCUT2D eigenvalue weighted by Crippen LogP contribution is -2.28. The van der Waals surface area contributed by atoms with Gasteiger partial charge in [0.2, 0.25) is 5.91 Å². The largest absolute Gasteiger partial charge is 0.338 e. The smallest absolute Gasteiger partial charge is 0.223 e. The molecule has 2 atom stereocenters. The molecule has 0 N–H and O–H groups in total. The Hall–Kier alpha value is -1.31. The van der Waals surface area contributed by atoms with Gasteiger partial charge in [-0.1, -0.05) is 18.2 Å². The number of likely N-dealkylation sites (tertiary alicyclic amines) is 1. The predicted octanol–water partition coefficient (Wildman–Crippen LogP) is 2.46. The maximum atomic E-state index is 11.8. The first kappa shape index (κ1) is 9.88. The number of carbonyl (C=O) groups excluding carboxylic acids is 1. The highest BCUT2D eigenvalue weighted by Gasteiger charge is 2.41. The zero-order chi connectivity index (χ0) is 11.3. The Labute approximate surface area is 96.3 Å². The van der Waals surface area contributed by atoms with Gasteiger partial charge in [-0.15, -0.1) is 0 Å². The Balaban J connectivity index is 2.11. The predicted molar refractivity (Wildman–Crippen MR) is 63.1 cm³/mol. The van der Waals surface area contributed by atoms with Crippen LogP contribution in [0.5, 0.6) is 0 Å². The summed E-state index contributed by atoms with van der Waals surface area (Å²) in [5.74, 6) is 0.858. The van der Waals surface area contributed by atoms with Crippen LogP contribution < -0.4 is 0 Å². The molecule has 0 spiro atoms. The number of nitrogens with zero attached hydrogens (tertiary/aromatic N) is 1. The lowest BCUT2D eigenvalue weighted by Gasteiger charge is -2.32. The Morgan fingerprint density at radius 2 is 2.19 bits per heavy atom. The van der Waals surface area contributed by atoms with E-state index in [4.69, 9.17) is 0 Å². The molecule has 1 saturated heterocycles. The average molecular weight is 215 g/mol. The first-order chi connectivity index (χ1) is 7.68. The summed E-state index contributed by atoms with van der Waals surface area (Å²) >= 11 is 0. The molecular formula is C14H17NO. The SMILES string of the molecule is Cc1cccc2c1CCC1CC(=O)N(C)C21.